The first-order chi connectivity index (χ1) is 14.9. The lowest BCUT2D eigenvalue weighted by Crippen LogP contribution is -2.32. The second-order valence-electron chi connectivity index (χ2n) is 6.84. The quantitative estimate of drug-likeness (QED) is 0.553. The normalized spacial score (nSPS) is 12.1. The fourth-order valence-corrected chi connectivity index (χ4v) is 3.97. The van der Waals surface area contributed by atoms with Crippen LogP contribution in [0.1, 0.15) is 34.0 Å². The molecule has 160 valence electrons. The second kappa shape index (κ2) is 10.0. The average Bonchev–Trinajstić information content (AvgIpc) is 3.04. The van der Waals surface area contributed by atoms with Gasteiger partial charge in [0.15, 0.2) is 0 Å². The van der Waals surface area contributed by atoms with Crippen LogP contribution in [0.25, 0.3) is 12.2 Å². The molecular formula is C24H23NO5S. The monoisotopic (exact) mass is 437 g/mol. The molecule has 0 amide bonds. The molecule has 0 saturated heterocycles. The number of aryl methyl sites for hydroxylation is 1. The zero-order valence-corrected chi connectivity index (χ0v) is 18.4. The molecule has 0 saturated carbocycles. The van der Waals surface area contributed by atoms with E-state index in [1.807, 2.05) is 37.3 Å². The SMILES string of the molecule is CCOC(=O)/C=c1\s/c(=C\c2ccc(C)cc2)c(=O)n1Cc1ccc(C(=O)OC)cc1. The van der Waals surface area contributed by atoms with Gasteiger partial charge in [0.05, 0.1) is 36.4 Å². The van der Waals surface area contributed by atoms with E-state index in [2.05, 4.69) is 0 Å². The number of carbonyl (C=O) groups is 2. The van der Waals surface area contributed by atoms with Gasteiger partial charge in [-0.25, -0.2) is 9.59 Å². The fraction of sp³-hybridized carbons (Fsp3) is 0.208. The van der Waals surface area contributed by atoms with Gasteiger partial charge in [0.2, 0.25) is 0 Å². The van der Waals surface area contributed by atoms with Crippen LogP contribution < -0.4 is 14.8 Å². The lowest BCUT2D eigenvalue weighted by molar-refractivity contribution is -0.135. The van der Waals surface area contributed by atoms with Crippen molar-refractivity contribution in [2.45, 2.75) is 20.4 Å². The number of nitrogens with zero attached hydrogens (tertiary/aromatic N) is 1. The van der Waals surface area contributed by atoms with Crippen molar-refractivity contribution in [3.8, 4) is 0 Å². The molecule has 0 fully saturated rings. The van der Waals surface area contributed by atoms with Crippen LogP contribution in [0.15, 0.2) is 53.3 Å². The molecule has 0 bridgehead atoms. The predicted octanol–water partition coefficient (Wildman–Crippen LogP) is 2.23. The minimum atomic E-state index is -0.500. The molecule has 2 aromatic carbocycles. The number of hydrogen-bond donors (Lipinski definition) is 0. The first-order valence-corrected chi connectivity index (χ1v) is 10.6. The van der Waals surface area contributed by atoms with E-state index in [0.717, 1.165) is 16.7 Å². The molecule has 0 N–H and O–H groups in total. The van der Waals surface area contributed by atoms with Gasteiger partial charge in [0, 0.05) is 0 Å². The highest BCUT2D eigenvalue weighted by Gasteiger charge is 2.09. The van der Waals surface area contributed by atoms with E-state index in [4.69, 9.17) is 9.47 Å². The second-order valence-corrected chi connectivity index (χ2v) is 7.90. The van der Waals surface area contributed by atoms with Crippen molar-refractivity contribution in [1.29, 1.82) is 0 Å². The van der Waals surface area contributed by atoms with Gasteiger partial charge in [-0.3, -0.25) is 9.36 Å². The Hall–Kier alpha value is -3.45. The Morgan fingerprint density at radius 3 is 2.35 bits per heavy atom. The maximum Gasteiger partial charge on any atom is 0.337 e. The zero-order chi connectivity index (χ0) is 22.4. The zero-order valence-electron chi connectivity index (χ0n) is 17.6. The van der Waals surface area contributed by atoms with E-state index in [9.17, 15) is 14.4 Å². The molecule has 0 spiro atoms. The molecule has 0 atom stereocenters. The summed E-state index contributed by atoms with van der Waals surface area (Å²) in [5.74, 6) is -0.925. The van der Waals surface area contributed by atoms with Gasteiger partial charge in [0.25, 0.3) is 5.56 Å². The molecule has 0 unspecified atom stereocenters. The van der Waals surface area contributed by atoms with Crippen LogP contribution in [-0.4, -0.2) is 30.2 Å². The highest BCUT2D eigenvalue weighted by molar-refractivity contribution is 7.07. The van der Waals surface area contributed by atoms with Crippen LogP contribution in [0, 0.1) is 6.92 Å². The van der Waals surface area contributed by atoms with Gasteiger partial charge >= 0.3 is 11.9 Å². The highest BCUT2D eigenvalue weighted by Crippen LogP contribution is 2.07. The molecule has 31 heavy (non-hydrogen) atoms. The lowest BCUT2D eigenvalue weighted by atomic mass is 10.1. The van der Waals surface area contributed by atoms with Gasteiger partial charge in [-0.05, 0) is 43.2 Å². The van der Waals surface area contributed by atoms with Gasteiger partial charge < -0.3 is 9.47 Å². The van der Waals surface area contributed by atoms with Crippen LogP contribution in [0.5, 0.6) is 0 Å². The van der Waals surface area contributed by atoms with Gasteiger partial charge in [0.1, 0.15) is 4.66 Å². The maximum absolute atomic E-state index is 13.1. The lowest BCUT2D eigenvalue weighted by Gasteiger charge is -2.04. The third kappa shape index (κ3) is 5.58. The van der Waals surface area contributed by atoms with Crippen LogP contribution in [0.4, 0.5) is 0 Å². The van der Waals surface area contributed by atoms with Crippen LogP contribution in [0.3, 0.4) is 0 Å². The number of methoxy groups -OCH3 is 1. The van der Waals surface area contributed by atoms with Crippen molar-refractivity contribution in [1.82, 2.24) is 4.57 Å². The van der Waals surface area contributed by atoms with Gasteiger partial charge in [-0.1, -0.05) is 42.0 Å². The number of esters is 2. The van der Waals surface area contributed by atoms with E-state index in [-0.39, 0.29) is 18.7 Å². The minimum Gasteiger partial charge on any atom is -0.465 e. The minimum absolute atomic E-state index is 0.196. The number of ether oxygens (including phenoxy) is 2. The number of hydrogen-bond acceptors (Lipinski definition) is 6. The Kier molecular flexibility index (Phi) is 7.20. The highest BCUT2D eigenvalue weighted by atomic mass is 32.1. The molecule has 1 aromatic heterocycles. The molecule has 0 aliphatic carbocycles. The van der Waals surface area contributed by atoms with Crippen LogP contribution in [0.2, 0.25) is 0 Å². The number of benzene rings is 2. The summed E-state index contributed by atoms with van der Waals surface area (Å²) in [5.41, 5.74) is 3.08. The molecule has 0 aliphatic rings. The summed E-state index contributed by atoms with van der Waals surface area (Å²) in [6.45, 7) is 4.23. The molecule has 3 rings (SSSR count). The molecule has 1 heterocycles. The summed E-state index contributed by atoms with van der Waals surface area (Å²) in [4.78, 5) is 36.8. The Morgan fingerprint density at radius 1 is 1.06 bits per heavy atom. The number of thiazole rings is 1. The molecule has 0 radical (unpaired) electrons. The summed E-state index contributed by atoms with van der Waals surface area (Å²) in [6, 6.07) is 14.7. The Balaban J connectivity index is 2.06. The van der Waals surface area contributed by atoms with Crippen molar-refractivity contribution in [2.75, 3.05) is 13.7 Å². The largest absolute Gasteiger partial charge is 0.465 e. The third-order valence-corrected chi connectivity index (χ3v) is 5.62. The Labute approximate surface area is 183 Å². The predicted molar refractivity (Wildman–Crippen MR) is 121 cm³/mol. The van der Waals surface area contributed by atoms with Crippen molar-refractivity contribution >= 4 is 35.4 Å². The summed E-state index contributed by atoms with van der Waals surface area (Å²) >= 11 is 1.23. The molecule has 3 aromatic rings. The topological polar surface area (TPSA) is 74.6 Å². The van der Waals surface area contributed by atoms with Gasteiger partial charge in [-0.15, -0.1) is 11.3 Å². The Morgan fingerprint density at radius 2 is 1.74 bits per heavy atom. The Bertz CT molecular complexity index is 1250. The summed E-state index contributed by atoms with van der Waals surface area (Å²) in [6.07, 6.45) is 3.15. The standard InChI is InChI=1S/C24H23NO5S/c1-4-30-22(26)14-21-25(15-18-9-11-19(12-10-18)24(28)29-3)23(27)20(31-21)13-17-7-5-16(2)6-8-17/h5-14H,4,15H2,1-3H3/b20-13-,21-14-. The molecule has 0 aliphatic heterocycles. The first-order valence-electron chi connectivity index (χ1n) is 9.75. The average molecular weight is 438 g/mol. The molecule has 7 heteroatoms. The van der Waals surface area contributed by atoms with Crippen molar-refractivity contribution in [3.63, 3.8) is 0 Å². The molecular weight excluding hydrogens is 414 g/mol. The van der Waals surface area contributed by atoms with E-state index < -0.39 is 11.9 Å². The maximum atomic E-state index is 13.1. The van der Waals surface area contributed by atoms with Crippen LogP contribution >= 0.6 is 11.3 Å². The summed E-state index contributed by atoms with van der Waals surface area (Å²) in [5, 5.41) is 0. The smallest absolute Gasteiger partial charge is 0.337 e. The van der Waals surface area contributed by atoms with Crippen molar-refractivity contribution in [2.24, 2.45) is 0 Å². The van der Waals surface area contributed by atoms with E-state index in [1.165, 1.54) is 29.1 Å². The fourth-order valence-electron chi connectivity index (χ4n) is 2.94. The number of carbonyl (C=O) groups excluding carboxylic acids is 2. The number of rotatable bonds is 6. The summed E-state index contributed by atoms with van der Waals surface area (Å²) < 4.78 is 12.3. The van der Waals surface area contributed by atoms with E-state index in [1.54, 1.807) is 31.2 Å². The third-order valence-electron chi connectivity index (χ3n) is 4.56. The van der Waals surface area contributed by atoms with Crippen LogP contribution in [-0.2, 0) is 20.8 Å². The summed E-state index contributed by atoms with van der Waals surface area (Å²) in [7, 11) is 1.32. The van der Waals surface area contributed by atoms with E-state index in [0.29, 0.717) is 14.8 Å². The van der Waals surface area contributed by atoms with Crippen molar-refractivity contribution < 1.29 is 19.1 Å². The van der Waals surface area contributed by atoms with Crippen molar-refractivity contribution in [3.05, 3.63) is 90.3 Å². The van der Waals surface area contributed by atoms with E-state index >= 15 is 0 Å². The number of aromatic nitrogens is 1. The first kappa shape index (κ1) is 22.2. The molecule has 6 nitrogen and oxygen atoms in total. The van der Waals surface area contributed by atoms with Gasteiger partial charge in [-0.2, -0.15) is 0 Å².